The topological polar surface area (TPSA) is 71.8 Å². The van der Waals surface area contributed by atoms with Crippen LogP contribution in [0, 0.1) is 13.8 Å². The lowest BCUT2D eigenvalue weighted by molar-refractivity contribution is -0.113. The lowest BCUT2D eigenvalue weighted by Gasteiger charge is -2.29. The van der Waals surface area contributed by atoms with E-state index in [2.05, 4.69) is 75.6 Å². The number of nitrogens with one attached hydrogen (secondary N) is 2. The van der Waals surface area contributed by atoms with Gasteiger partial charge in [0.2, 0.25) is 11.1 Å². The van der Waals surface area contributed by atoms with Crippen LogP contribution in [0.15, 0.2) is 58.9 Å². The Balaban J connectivity index is 1.75. The molecule has 7 heteroatoms. The number of nitrogens with zero attached hydrogens (tertiary/aromatic N) is 3. The van der Waals surface area contributed by atoms with Gasteiger partial charge in [-0.1, -0.05) is 82.3 Å². The van der Waals surface area contributed by atoms with Gasteiger partial charge >= 0.3 is 0 Å². The first kappa shape index (κ1) is 26.0. The maximum absolute atomic E-state index is 13.8. The predicted molar refractivity (Wildman–Crippen MR) is 150 cm³/mol. The minimum Gasteiger partial charge on any atom is -0.328 e. The molecule has 6 nitrogen and oxygen atoms in total. The number of carbonyl (C=O) groups is 1. The fourth-order valence-electron chi connectivity index (χ4n) is 4.34. The van der Waals surface area contributed by atoms with Crippen LogP contribution < -0.4 is 10.6 Å². The molecule has 0 radical (unpaired) electrons. The van der Waals surface area contributed by atoms with Crippen molar-refractivity contribution < 1.29 is 4.79 Å². The zero-order valence-electron chi connectivity index (χ0n) is 22.4. The molecule has 2 heterocycles. The maximum atomic E-state index is 13.8. The van der Waals surface area contributed by atoms with E-state index in [4.69, 9.17) is 10.1 Å². The van der Waals surface area contributed by atoms with E-state index in [1.807, 2.05) is 30.7 Å². The van der Waals surface area contributed by atoms with Crippen molar-refractivity contribution in [3.05, 3.63) is 76.0 Å². The van der Waals surface area contributed by atoms with Gasteiger partial charge in [-0.15, -0.1) is 5.10 Å². The van der Waals surface area contributed by atoms with Crippen LogP contribution in [0.25, 0.3) is 0 Å². The average Bonchev–Trinajstić information content (AvgIpc) is 3.23. The molecule has 0 fully saturated rings. The molecule has 1 aliphatic rings. The first-order valence-electron chi connectivity index (χ1n) is 12.6. The Hall–Kier alpha value is -3.06. The number of thioether (sulfide) groups is 1. The third-order valence-corrected chi connectivity index (χ3v) is 7.68. The van der Waals surface area contributed by atoms with Crippen LogP contribution in [0.5, 0.6) is 0 Å². The highest BCUT2D eigenvalue weighted by Gasteiger charge is 2.34. The van der Waals surface area contributed by atoms with Crippen molar-refractivity contribution in [1.29, 1.82) is 0 Å². The summed E-state index contributed by atoms with van der Waals surface area (Å²) in [6.07, 6.45) is 2.24. The molecule has 3 aromatic rings. The predicted octanol–water partition coefficient (Wildman–Crippen LogP) is 7.01. The van der Waals surface area contributed by atoms with Gasteiger partial charge in [0, 0.05) is 17.1 Å². The van der Waals surface area contributed by atoms with E-state index in [1.165, 1.54) is 5.56 Å². The molecule has 0 bridgehead atoms. The fourth-order valence-corrected chi connectivity index (χ4v) is 5.26. The Morgan fingerprint density at radius 2 is 1.83 bits per heavy atom. The van der Waals surface area contributed by atoms with Crippen LogP contribution in [0.3, 0.4) is 0 Å². The number of rotatable bonds is 7. The number of amides is 1. The van der Waals surface area contributed by atoms with E-state index in [-0.39, 0.29) is 17.4 Å². The quantitative estimate of drug-likeness (QED) is 0.268. The number of carbonyl (C=O) groups excluding carboxylic acids is 1. The molecule has 0 aliphatic carbocycles. The smallest absolute Gasteiger partial charge is 0.255 e. The van der Waals surface area contributed by atoms with Crippen LogP contribution in [-0.4, -0.2) is 26.4 Å². The van der Waals surface area contributed by atoms with Crippen LogP contribution in [0.2, 0.25) is 0 Å². The van der Waals surface area contributed by atoms with Crippen LogP contribution in [0.4, 0.5) is 11.6 Å². The van der Waals surface area contributed by atoms with Crippen molar-refractivity contribution in [1.82, 2.24) is 14.8 Å². The van der Waals surface area contributed by atoms with Gasteiger partial charge in [0.25, 0.3) is 5.91 Å². The monoisotopic (exact) mass is 503 g/mol. The molecule has 0 saturated heterocycles. The van der Waals surface area contributed by atoms with Crippen molar-refractivity contribution in [2.24, 2.45) is 0 Å². The van der Waals surface area contributed by atoms with Gasteiger partial charge in [0.15, 0.2) is 0 Å². The zero-order chi connectivity index (χ0) is 26.0. The molecule has 1 unspecified atom stereocenters. The minimum atomic E-state index is -0.381. The van der Waals surface area contributed by atoms with Crippen molar-refractivity contribution in [2.45, 2.75) is 77.9 Å². The molecule has 2 N–H and O–H groups in total. The molecule has 0 spiro atoms. The summed E-state index contributed by atoms with van der Waals surface area (Å²) in [6.45, 7) is 14.8. The highest BCUT2D eigenvalue weighted by Crippen LogP contribution is 2.37. The van der Waals surface area contributed by atoms with E-state index in [1.54, 1.807) is 11.8 Å². The number of fused-ring (bicyclic) bond motifs is 1. The van der Waals surface area contributed by atoms with Crippen LogP contribution in [-0.2, 0) is 10.2 Å². The van der Waals surface area contributed by atoms with Gasteiger partial charge in [-0.05, 0) is 60.9 Å². The second-order valence-corrected chi connectivity index (χ2v) is 11.6. The number of aromatic nitrogens is 3. The molecule has 1 amide bonds. The lowest BCUT2D eigenvalue weighted by atomic mass is 9.85. The van der Waals surface area contributed by atoms with Gasteiger partial charge in [-0.25, -0.2) is 4.68 Å². The number of allylic oxidation sites excluding steroid dienone is 1. The second-order valence-electron chi connectivity index (χ2n) is 10.5. The molecule has 36 heavy (non-hydrogen) atoms. The molecule has 190 valence electrons. The van der Waals surface area contributed by atoms with E-state index in [0.29, 0.717) is 11.5 Å². The van der Waals surface area contributed by atoms with Crippen LogP contribution in [0.1, 0.15) is 75.8 Å². The molecule has 2 aromatic carbocycles. The Morgan fingerprint density at radius 3 is 2.50 bits per heavy atom. The van der Waals surface area contributed by atoms with Gasteiger partial charge in [-0.2, -0.15) is 4.98 Å². The Labute approximate surface area is 219 Å². The van der Waals surface area contributed by atoms with Gasteiger partial charge in [-0.3, -0.25) is 4.79 Å². The van der Waals surface area contributed by atoms with E-state index >= 15 is 0 Å². The van der Waals surface area contributed by atoms with E-state index in [9.17, 15) is 4.79 Å². The Morgan fingerprint density at radius 1 is 1.11 bits per heavy atom. The normalized spacial score (nSPS) is 15.5. The Bertz CT molecular complexity index is 1280. The largest absolute Gasteiger partial charge is 0.328 e. The van der Waals surface area contributed by atoms with Crippen molar-refractivity contribution in [3.8, 4) is 0 Å². The molecular formula is C29H37N5OS. The van der Waals surface area contributed by atoms with Crippen molar-refractivity contribution >= 4 is 29.3 Å². The number of hydrogen-bond donors (Lipinski definition) is 2. The van der Waals surface area contributed by atoms with Crippen molar-refractivity contribution in [2.75, 3.05) is 16.4 Å². The van der Waals surface area contributed by atoms with Crippen molar-refractivity contribution in [3.63, 3.8) is 0 Å². The van der Waals surface area contributed by atoms with E-state index < -0.39 is 0 Å². The highest BCUT2D eigenvalue weighted by atomic mass is 32.2. The molecular weight excluding hydrogens is 466 g/mol. The van der Waals surface area contributed by atoms with Gasteiger partial charge in [0.05, 0.1) is 5.57 Å². The fraction of sp³-hybridized carbons (Fsp3) is 0.414. The first-order chi connectivity index (χ1) is 17.1. The summed E-state index contributed by atoms with van der Waals surface area (Å²) in [7, 11) is 0. The summed E-state index contributed by atoms with van der Waals surface area (Å²) in [5.74, 6) is 1.50. The number of aryl methyl sites for hydroxylation is 1. The minimum absolute atomic E-state index is 0.0445. The molecule has 0 saturated carbocycles. The van der Waals surface area contributed by atoms with Gasteiger partial charge in [0.1, 0.15) is 6.04 Å². The summed E-state index contributed by atoms with van der Waals surface area (Å²) in [5, 5.41) is 12.1. The third-order valence-electron chi connectivity index (χ3n) is 6.75. The van der Waals surface area contributed by atoms with Gasteiger partial charge < -0.3 is 10.6 Å². The number of unbranched alkanes of at least 4 members (excludes halogenated alkanes) is 1. The zero-order valence-corrected chi connectivity index (χ0v) is 23.2. The lowest BCUT2D eigenvalue weighted by Crippen LogP contribution is -2.31. The molecule has 1 atom stereocenters. The first-order valence-corrected chi connectivity index (χ1v) is 13.6. The SMILES string of the molecule is CCCCSc1nc2n(n1)C(c1ccc(C(C)(C)C)cc1)C(C(=O)Nc1cccc(C)c1C)=C(C)N2. The van der Waals surface area contributed by atoms with Crippen LogP contribution >= 0.6 is 11.8 Å². The second kappa shape index (κ2) is 10.5. The molecule has 1 aliphatic heterocycles. The summed E-state index contributed by atoms with van der Waals surface area (Å²) in [5.41, 5.74) is 6.75. The van der Waals surface area contributed by atoms with E-state index in [0.717, 1.165) is 51.8 Å². The summed E-state index contributed by atoms with van der Waals surface area (Å²) >= 11 is 1.66. The Kier molecular flexibility index (Phi) is 7.59. The summed E-state index contributed by atoms with van der Waals surface area (Å²) in [6, 6.07) is 14.1. The summed E-state index contributed by atoms with van der Waals surface area (Å²) in [4.78, 5) is 18.6. The average molecular weight is 504 g/mol. The molecule has 4 rings (SSSR count). The standard InChI is InChI=1S/C29H37N5OS/c1-8-9-17-36-28-32-27-30-20(4)24(26(35)31-23-12-10-11-18(2)19(23)3)25(34(27)33-28)21-13-15-22(16-14-21)29(5,6)7/h10-16,25H,8-9,17H2,1-7H3,(H,31,35)(H,30,32,33). The maximum Gasteiger partial charge on any atom is 0.255 e. The number of hydrogen-bond acceptors (Lipinski definition) is 5. The summed E-state index contributed by atoms with van der Waals surface area (Å²) < 4.78 is 1.87. The number of benzene rings is 2. The number of anilines is 2. The third kappa shape index (κ3) is 5.36. The molecule has 1 aromatic heterocycles. The highest BCUT2D eigenvalue weighted by molar-refractivity contribution is 7.99.